The first-order valence-electron chi connectivity index (χ1n) is 18.3. The van der Waals surface area contributed by atoms with E-state index in [9.17, 15) is 0 Å². The molecule has 256 valence electrons. The van der Waals surface area contributed by atoms with Gasteiger partial charge in [0, 0.05) is 0 Å². The van der Waals surface area contributed by atoms with E-state index in [-0.39, 0.29) is 0 Å². The zero-order valence-electron chi connectivity index (χ0n) is 33.5. The van der Waals surface area contributed by atoms with Crippen molar-refractivity contribution in [3.8, 4) is 11.1 Å². The summed E-state index contributed by atoms with van der Waals surface area (Å²) >= 11 is 0. The average molecular weight is 625 g/mol. The molecule has 0 heterocycles. The zero-order valence-corrected chi connectivity index (χ0v) is 33.5. The van der Waals surface area contributed by atoms with Gasteiger partial charge in [0.15, 0.2) is 0 Å². The summed E-state index contributed by atoms with van der Waals surface area (Å²) in [5.41, 5.74) is 14.8. The Morgan fingerprint density at radius 2 is 0.609 bits per heavy atom. The van der Waals surface area contributed by atoms with E-state index in [1.807, 2.05) is 0 Å². The summed E-state index contributed by atoms with van der Waals surface area (Å²) in [7, 11) is 0. The SMILES string of the molecule is CC1C(C)(C)C(C)C1(C)C.CC1CC(C)C(C)CC1C.Cc1cc(C)c(C)cc1C.Cc1ccc(-c2ccc(C)c(C)c2)cc1C. The van der Waals surface area contributed by atoms with Crippen molar-refractivity contribution in [3.63, 3.8) is 0 Å². The second-order valence-electron chi connectivity index (χ2n) is 17.1. The van der Waals surface area contributed by atoms with Crippen LogP contribution in [0.5, 0.6) is 0 Å². The first-order valence-corrected chi connectivity index (χ1v) is 18.3. The molecule has 0 radical (unpaired) electrons. The average Bonchev–Trinajstić information content (AvgIpc) is 2.98. The minimum absolute atomic E-state index is 0.573. The minimum atomic E-state index is 0.573. The molecule has 0 N–H and O–H groups in total. The van der Waals surface area contributed by atoms with Gasteiger partial charge < -0.3 is 0 Å². The van der Waals surface area contributed by atoms with E-state index in [1.54, 1.807) is 0 Å². The summed E-state index contributed by atoms with van der Waals surface area (Å²) in [6, 6.07) is 17.8. The van der Waals surface area contributed by atoms with Crippen LogP contribution in [0.15, 0.2) is 48.5 Å². The minimum Gasteiger partial charge on any atom is -0.0622 e. The second-order valence-corrected chi connectivity index (χ2v) is 17.1. The molecule has 2 aliphatic carbocycles. The van der Waals surface area contributed by atoms with Crippen molar-refractivity contribution in [2.24, 2.45) is 46.3 Å². The Kier molecular flexibility index (Phi) is 14.0. The molecule has 46 heavy (non-hydrogen) atoms. The standard InChI is InChI=1S/C16H18.2C10H20.C10H14/c1-11-5-7-15(9-13(11)3)16-8-6-12(2)14(4)10-16;1-7-9(3,4)8(2)10(7,5)6;2*1-7-5-9(3)10(4)6-8(7)2/h5-10H,1-4H3;7-8H,1-6H3;7-10H,5-6H2,1-4H3;5-6H,1-4H3. The Hall–Kier alpha value is -2.34. The van der Waals surface area contributed by atoms with Crippen LogP contribution >= 0.6 is 0 Å². The van der Waals surface area contributed by atoms with E-state index in [2.05, 4.69) is 173 Å². The normalized spacial score (nSPS) is 25.8. The van der Waals surface area contributed by atoms with Crippen LogP contribution in [0.1, 0.15) is 127 Å². The van der Waals surface area contributed by atoms with Gasteiger partial charge >= 0.3 is 0 Å². The summed E-state index contributed by atoms with van der Waals surface area (Å²) in [5.74, 6) is 5.60. The molecule has 2 aliphatic rings. The Morgan fingerprint density at radius 1 is 0.370 bits per heavy atom. The number of hydrogen-bond donors (Lipinski definition) is 0. The summed E-state index contributed by atoms with van der Waals surface area (Å²) in [5, 5.41) is 0. The van der Waals surface area contributed by atoms with Gasteiger partial charge in [-0.25, -0.2) is 0 Å². The largest absolute Gasteiger partial charge is 0.0622 e. The molecule has 3 aromatic rings. The summed E-state index contributed by atoms with van der Waals surface area (Å²) < 4.78 is 0. The van der Waals surface area contributed by atoms with Crippen LogP contribution in [0.4, 0.5) is 0 Å². The molecule has 0 spiro atoms. The first-order chi connectivity index (χ1) is 21.1. The van der Waals surface area contributed by atoms with E-state index in [0.717, 1.165) is 35.5 Å². The van der Waals surface area contributed by atoms with E-state index in [0.29, 0.717) is 10.8 Å². The Labute approximate surface area is 287 Å². The predicted octanol–water partition coefficient (Wildman–Crippen LogP) is 14.2. The molecule has 0 aromatic heterocycles. The summed E-state index contributed by atoms with van der Waals surface area (Å²) in [4.78, 5) is 0. The highest BCUT2D eigenvalue weighted by Crippen LogP contribution is 2.62. The molecule has 3 aromatic carbocycles. The second kappa shape index (κ2) is 16.2. The molecule has 4 atom stereocenters. The third kappa shape index (κ3) is 9.84. The number of rotatable bonds is 1. The van der Waals surface area contributed by atoms with Crippen molar-refractivity contribution in [2.45, 2.75) is 137 Å². The maximum absolute atomic E-state index is 2.40. The number of benzene rings is 3. The van der Waals surface area contributed by atoms with Crippen molar-refractivity contribution in [1.29, 1.82) is 0 Å². The van der Waals surface area contributed by atoms with Gasteiger partial charge in [-0.3, -0.25) is 0 Å². The molecule has 2 fully saturated rings. The molecule has 0 saturated heterocycles. The van der Waals surface area contributed by atoms with E-state index in [1.165, 1.54) is 68.5 Å². The number of hydrogen-bond acceptors (Lipinski definition) is 0. The van der Waals surface area contributed by atoms with Crippen LogP contribution in [-0.2, 0) is 0 Å². The Morgan fingerprint density at radius 3 is 0.826 bits per heavy atom. The molecular weight excluding hydrogens is 553 g/mol. The van der Waals surface area contributed by atoms with Crippen LogP contribution in [0, 0.1) is 102 Å². The van der Waals surface area contributed by atoms with Crippen molar-refractivity contribution >= 4 is 0 Å². The lowest BCUT2D eigenvalue weighted by Gasteiger charge is -2.62. The van der Waals surface area contributed by atoms with Gasteiger partial charge in [0.05, 0.1) is 0 Å². The van der Waals surface area contributed by atoms with Gasteiger partial charge in [-0.05, 0) is 170 Å². The first kappa shape index (κ1) is 39.8. The molecule has 0 heteroatoms. The molecule has 4 unspecified atom stereocenters. The van der Waals surface area contributed by atoms with Gasteiger partial charge in [0.1, 0.15) is 0 Å². The zero-order chi connectivity index (χ0) is 35.3. The van der Waals surface area contributed by atoms with Crippen LogP contribution in [0.3, 0.4) is 0 Å². The van der Waals surface area contributed by atoms with Crippen molar-refractivity contribution in [1.82, 2.24) is 0 Å². The van der Waals surface area contributed by atoms with Gasteiger partial charge in [-0.2, -0.15) is 0 Å². The topological polar surface area (TPSA) is 0 Å². The van der Waals surface area contributed by atoms with E-state index >= 15 is 0 Å². The monoisotopic (exact) mass is 625 g/mol. The lowest BCUT2D eigenvalue weighted by molar-refractivity contribution is -0.141. The molecule has 5 rings (SSSR count). The van der Waals surface area contributed by atoms with Crippen LogP contribution < -0.4 is 0 Å². The number of aryl methyl sites for hydroxylation is 8. The third-order valence-corrected chi connectivity index (χ3v) is 13.4. The lowest BCUT2D eigenvalue weighted by atomic mass is 9.42. The fourth-order valence-corrected chi connectivity index (χ4v) is 7.62. The molecule has 0 amide bonds. The fourth-order valence-electron chi connectivity index (χ4n) is 7.62. The predicted molar refractivity (Wildman–Crippen MR) is 208 cm³/mol. The Balaban J connectivity index is 0.000000219. The summed E-state index contributed by atoms with van der Waals surface area (Å²) in [6.07, 6.45) is 2.89. The third-order valence-electron chi connectivity index (χ3n) is 13.4. The van der Waals surface area contributed by atoms with Gasteiger partial charge in [-0.1, -0.05) is 118 Å². The van der Waals surface area contributed by atoms with Crippen molar-refractivity contribution < 1.29 is 0 Å². The van der Waals surface area contributed by atoms with Crippen molar-refractivity contribution in [3.05, 3.63) is 93.0 Å². The molecule has 0 nitrogen and oxygen atoms in total. The maximum atomic E-state index is 2.40. The van der Waals surface area contributed by atoms with Gasteiger partial charge in [0.2, 0.25) is 0 Å². The molecule has 2 saturated carbocycles. The fraction of sp³-hybridized carbons (Fsp3) is 0.609. The van der Waals surface area contributed by atoms with Gasteiger partial charge in [0.25, 0.3) is 0 Å². The van der Waals surface area contributed by atoms with Crippen molar-refractivity contribution in [2.75, 3.05) is 0 Å². The van der Waals surface area contributed by atoms with Crippen LogP contribution in [-0.4, -0.2) is 0 Å². The lowest BCUT2D eigenvalue weighted by Crippen LogP contribution is -2.56. The molecule has 0 bridgehead atoms. The highest BCUT2D eigenvalue weighted by molar-refractivity contribution is 5.66. The molecule has 0 aliphatic heterocycles. The highest BCUT2D eigenvalue weighted by atomic mass is 14.6. The van der Waals surface area contributed by atoms with Crippen LogP contribution in [0.2, 0.25) is 0 Å². The smallest absolute Gasteiger partial charge is 0.0181 e. The van der Waals surface area contributed by atoms with E-state index in [4.69, 9.17) is 0 Å². The maximum Gasteiger partial charge on any atom is -0.0181 e. The van der Waals surface area contributed by atoms with Gasteiger partial charge in [-0.15, -0.1) is 0 Å². The molecular formula is C46H72. The van der Waals surface area contributed by atoms with E-state index < -0.39 is 0 Å². The highest BCUT2D eigenvalue weighted by Gasteiger charge is 2.56. The van der Waals surface area contributed by atoms with Crippen LogP contribution in [0.25, 0.3) is 11.1 Å². The quantitative estimate of drug-likeness (QED) is 0.253. The Bertz CT molecular complexity index is 1260. The summed E-state index contributed by atoms with van der Waals surface area (Å²) in [6.45, 7) is 41.1.